The number of unbranched alkanes of at least 4 members (excludes halogenated alkanes) is 8. The highest BCUT2D eigenvalue weighted by molar-refractivity contribution is 5.96. The van der Waals surface area contributed by atoms with Crippen LogP contribution >= 0.6 is 0 Å². The number of Topliss-reactive ketones (excluding diaryl/α,β-unsaturated/α-hetero) is 1. The maximum Gasteiger partial charge on any atom is 0.519 e. The first-order valence-corrected chi connectivity index (χ1v) is 21.5. The molecule has 0 bridgehead atoms. The van der Waals surface area contributed by atoms with Crippen molar-refractivity contribution in [1.82, 2.24) is 5.32 Å². The highest BCUT2D eigenvalue weighted by Crippen LogP contribution is 2.30. The number of nitrogens with one attached hydrogen (secondary N) is 1. The molecule has 0 radical (unpaired) electrons. The first-order valence-electron chi connectivity index (χ1n) is 21.5. The number of aliphatic hydroxyl groups is 1. The van der Waals surface area contributed by atoms with Gasteiger partial charge in [-0.15, -0.1) is 5.92 Å². The Balaban J connectivity index is 2.42. The molecule has 1 amide bonds. The summed E-state index contributed by atoms with van der Waals surface area (Å²) in [6.07, 6.45) is 11.3. The van der Waals surface area contributed by atoms with E-state index in [0.717, 1.165) is 52.1 Å². The van der Waals surface area contributed by atoms with Crippen molar-refractivity contribution in [1.29, 1.82) is 0 Å². The van der Waals surface area contributed by atoms with Crippen LogP contribution in [0.2, 0.25) is 0 Å². The lowest BCUT2D eigenvalue weighted by atomic mass is 9.82. The van der Waals surface area contributed by atoms with Crippen molar-refractivity contribution in [3.63, 3.8) is 0 Å². The molecule has 1 aromatic carbocycles. The van der Waals surface area contributed by atoms with Gasteiger partial charge in [0.15, 0.2) is 30.3 Å². The second kappa shape index (κ2) is 28.1. The number of amides is 1. The van der Waals surface area contributed by atoms with Gasteiger partial charge in [-0.25, -0.2) is 19.2 Å². The quantitative estimate of drug-likeness (QED) is 0.0299. The van der Waals surface area contributed by atoms with Crippen LogP contribution in [0, 0.1) is 24.7 Å². The van der Waals surface area contributed by atoms with Crippen LogP contribution in [0.4, 0.5) is 0 Å². The van der Waals surface area contributed by atoms with Crippen LogP contribution in [0.25, 0.3) is 0 Å². The van der Waals surface area contributed by atoms with Gasteiger partial charge in [0, 0.05) is 19.3 Å². The number of ether oxygens (including phenoxy) is 5. The standard InChI is InChI=1S/C47H65NO15/c1-8-10-12-15-18-21-35(49)22-19-16-13-14-17-20-23-37(47(56,44(54)63-46(4,5)6)30-40(50)59-31-39-33(3)61-45(55)62-39)42(52)48-38(43(53)60-32-41(51)57-7)29-34-24-26-36(27-25-34)58-28-11-9-2/h20,23-27,37-38,56H,8,10,12-19,21-22,28-32H2,1-7H3,(H,48,52)/t37?,38-,47-/m0/s1. The molecule has 0 saturated heterocycles. The average Bonchev–Trinajstić information content (AvgIpc) is 3.56. The Hall–Kier alpha value is -5.69. The number of aryl methyl sites for hydroxylation is 1. The van der Waals surface area contributed by atoms with Crippen LogP contribution in [0.1, 0.15) is 135 Å². The van der Waals surface area contributed by atoms with Crippen LogP contribution < -0.4 is 15.9 Å². The van der Waals surface area contributed by atoms with E-state index >= 15 is 0 Å². The van der Waals surface area contributed by atoms with Gasteiger partial charge in [-0.2, -0.15) is 0 Å². The lowest BCUT2D eigenvalue weighted by Crippen LogP contribution is -2.57. The van der Waals surface area contributed by atoms with Gasteiger partial charge in [0.1, 0.15) is 29.8 Å². The van der Waals surface area contributed by atoms with E-state index in [9.17, 15) is 38.7 Å². The number of carbonyl (C=O) groups is 6. The molecule has 0 aliphatic rings. The minimum absolute atomic E-state index is 0.0397. The molecule has 3 atom stereocenters. The molecule has 16 heteroatoms. The average molecular weight is 884 g/mol. The molecule has 63 heavy (non-hydrogen) atoms. The smallest absolute Gasteiger partial charge is 0.481 e. The Morgan fingerprint density at radius 3 is 2.13 bits per heavy atom. The van der Waals surface area contributed by atoms with E-state index in [1.165, 1.54) is 40.2 Å². The summed E-state index contributed by atoms with van der Waals surface area (Å²) in [5.41, 5.74) is -3.60. The summed E-state index contributed by atoms with van der Waals surface area (Å²) >= 11 is 0. The summed E-state index contributed by atoms with van der Waals surface area (Å²) in [5, 5.41) is 14.8. The second-order valence-electron chi connectivity index (χ2n) is 16.1. The third kappa shape index (κ3) is 20.8. The van der Waals surface area contributed by atoms with E-state index in [0.29, 0.717) is 37.0 Å². The zero-order chi connectivity index (χ0) is 46.8. The van der Waals surface area contributed by atoms with Crippen LogP contribution in [0.3, 0.4) is 0 Å². The first kappa shape index (κ1) is 53.4. The zero-order valence-electron chi connectivity index (χ0n) is 37.8. The van der Waals surface area contributed by atoms with Gasteiger partial charge in [-0.3, -0.25) is 14.4 Å². The summed E-state index contributed by atoms with van der Waals surface area (Å²) in [6.45, 7) is 8.60. The molecule has 0 fully saturated rings. The summed E-state index contributed by atoms with van der Waals surface area (Å²) in [6, 6.07) is 5.05. The van der Waals surface area contributed by atoms with Crippen molar-refractivity contribution < 1.29 is 66.4 Å². The Bertz CT molecular complexity index is 1930. The predicted molar refractivity (Wildman–Crippen MR) is 230 cm³/mol. The minimum Gasteiger partial charge on any atom is -0.481 e. The highest BCUT2D eigenvalue weighted by atomic mass is 16.6. The Morgan fingerprint density at radius 1 is 0.889 bits per heavy atom. The number of hydrogen-bond donors (Lipinski definition) is 2. The Kier molecular flexibility index (Phi) is 23.8. The number of allylic oxidation sites excluding steroid dienone is 1. The number of benzene rings is 1. The largest absolute Gasteiger partial charge is 0.519 e. The second-order valence-corrected chi connectivity index (χ2v) is 16.1. The molecule has 2 aromatic rings. The van der Waals surface area contributed by atoms with E-state index in [4.69, 9.17) is 27.8 Å². The summed E-state index contributed by atoms with van der Waals surface area (Å²) < 4.78 is 35.8. The van der Waals surface area contributed by atoms with Gasteiger partial charge in [0.05, 0.1) is 19.4 Å². The van der Waals surface area contributed by atoms with E-state index in [2.05, 4.69) is 28.8 Å². The van der Waals surface area contributed by atoms with Gasteiger partial charge in [0.2, 0.25) is 5.91 Å². The van der Waals surface area contributed by atoms with E-state index < -0.39 is 78.4 Å². The number of rotatable bonds is 29. The Morgan fingerprint density at radius 2 is 1.54 bits per heavy atom. The minimum atomic E-state index is -2.92. The molecule has 0 spiro atoms. The number of hydrogen-bond acceptors (Lipinski definition) is 15. The molecule has 0 saturated carbocycles. The maximum absolute atomic E-state index is 14.5. The van der Waals surface area contributed by atoms with Crippen LogP contribution in [0.15, 0.2) is 50.0 Å². The van der Waals surface area contributed by atoms with Crippen molar-refractivity contribution in [2.24, 2.45) is 5.92 Å². The van der Waals surface area contributed by atoms with Gasteiger partial charge >= 0.3 is 29.7 Å². The maximum atomic E-state index is 14.5. The normalized spacial score (nSPS) is 13.1. The molecular formula is C47H65NO15. The van der Waals surface area contributed by atoms with Crippen molar-refractivity contribution in [3.8, 4) is 17.6 Å². The SMILES string of the molecule is CC#CCOc1ccc(C[C@H](NC(=O)C(C=CCCCCCCC(=O)CCCCCCC)[C@@](O)(CC(=O)OCc2oc(=O)oc2C)C(=O)OC(C)(C)C)C(=O)OCC(=O)OC)cc1. The zero-order valence-corrected chi connectivity index (χ0v) is 37.8. The molecule has 2 N–H and O–H groups in total. The fraction of sp³-hybridized carbons (Fsp3) is 0.596. The van der Waals surface area contributed by atoms with Crippen LogP contribution in [-0.4, -0.2) is 78.2 Å². The highest BCUT2D eigenvalue weighted by Gasteiger charge is 2.51. The molecule has 348 valence electrons. The molecule has 0 aliphatic heterocycles. The molecule has 1 aromatic heterocycles. The first-order chi connectivity index (χ1) is 29.9. The van der Waals surface area contributed by atoms with E-state index in [1.54, 1.807) is 37.3 Å². The predicted octanol–water partition coefficient (Wildman–Crippen LogP) is 6.34. The van der Waals surface area contributed by atoms with Gasteiger partial charge in [-0.05, 0) is 78.0 Å². The molecular weight excluding hydrogens is 819 g/mol. The Labute approximate surface area is 369 Å². The summed E-state index contributed by atoms with van der Waals surface area (Å²) in [7, 11) is 1.11. The fourth-order valence-electron chi connectivity index (χ4n) is 6.18. The van der Waals surface area contributed by atoms with Crippen molar-refractivity contribution in [3.05, 3.63) is 64.1 Å². The monoisotopic (exact) mass is 883 g/mol. The lowest BCUT2D eigenvalue weighted by molar-refractivity contribution is -0.188. The number of esters is 4. The van der Waals surface area contributed by atoms with Gasteiger partial charge in [-0.1, -0.05) is 75.7 Å². The van der Waals surface area contributed by atoms with Crippen LogP contribution in [0.5, 0.6) is 5.75 Å². The molecule has 0 aliphatic carbocycles. The molecule has 16 nitrogen and oxygen atoms in total. The lowest BCUT2D eigenvalue weighted by Gasteiger charge is -2.34. The van der Waals surface area contributed by atoms with E-state index in [-0.39, 0.29) is 30.3 Å². The third-order valence-corrected chi connectivity index (χ3v) is 9.64. The van der Waals surface area contributed by atoms with Gasteiger partial charge in [0.25, 0.3) is 0 Å². The molecule has 1 heterocycles. The number of methoxy groups -OCH3 is 1. The number of carbonyl (C=O) groups excluding carboxylic acids is 6. The third-order valence-electron chi connectivity index (χ3n) is 9.64. The number of ketones is 1. The summed E-state index contributed by atoms with van der Waals surface area (Å²) in [4.78, 5) is 91.1. The van der Waals surface area contributed by atoms with Crippen molar-refractivity contribution in [2.75, 3.05) is 20.3 Å². The van der Waals surface area contributed by atoms with Crippen LogP contribution in [-0.2, 0) is 60.7 Å². The summed E-state index contributed by atoms with van der Waals surface area (Å²) in [5.74, 6) is -2.21. The fourth-order valence-corrected chi connectivity index (χ4v) is 6.18. The molecule has 2 rings (SSSR count). The molecule has 1 unspecified atom stereocenters. The van der Waals surface area contributed by atoms with E-state index in [1.807, 2.05) is 0 Å². The van der Waals surface area contributed by atoms with Crippen molar-refractivity contribution >= 4 is 35.6 Å². The topological polar surface area (TPSA) is 224 Å². The van der Waals surface area contributed by atoms with Crippen molar-refractivity contribution in [2.45, 2.75) is 155 Å². The van der Waals surface area contributed by atoms with Gasteiger partial charge < -0.3 is 42.9 Å².